The van der Waals surface area contributed by atoms with E-state index in [4.69, 9.17) is 21.9 Å². The average molecular weight is 214 g/mol. The Bertz CT molecular complexity index is 471. The summed E-state index contributed by atoms with van der Waals surface area (Å²) in [5.74, 6) is -0.237. The highest BCUT2D eigenvalue weighted by molar-refractivity contribution is 6.33. The van der Waals surface area contributed by atoms with E-state index in [-0.39, 0.29) is 16.9 Å². The molecular weight excluding hydrogens is 209 g/mol. The molecule has 0 amide bonds. The summed E-state index contributed by atoms with van der Waals surface area (Å²) < 4.78 is 17.5. The lowest BCUT2D eigenvalue weighted by Crippen LogP contribution is -1.86. The van der Waals surface area contributed by atoms with Crippen LogP contribution in [-0.4, -0.2) is 10.1 Å². The zero-order chi connectivity index (χ0) is 10.1. The number of hydrogen-bond donors (Lipinski definition) is 1. The Morgan fingerprint density at radius 1 is 1.43 bits per heavy atom. The van der Waals surface area contributed by atoms with Gasteiger partial charge >= 0.3 is 0 Å². The molecule has 1 aromatic carbocycles. The molecule has 4 nitrogen and oxygen atoms in total. The van der Waals surface area contributed by atoms with E-state index in [0.717, 1.165) is 6.07 Å². The van der Waals surface area contributed by atoms with Gasteiger partial charge < -0.3 is 10.3 Å². The summed E-state index contributed by atoms with van der Waals surface area (Å²) in [6.45, 7) is 0. The second-order valence-electron chi connectivity index (χ2n) is 2.58. The van der Waals surface area contributed by atoms with Gasteiger partial charge in [-0.1, -0.05) is 11.6 Å². The van der Waals surface area contributed by atoms with Crippen molar-refractivity contribution in [3.63, 3.8) is 0 Å². The predicted octanol–water partition coefficient (Wildman–Crippen LogP) is 2.11. The molecule has 72 valence electrons. The summed E-state index contributed by atoms with van der Waals surface area (Å²) in [6, 6.07) is 3.86. The molecule has 0 radical (unpaired) electrons. The minimum atomic E-state index is -0.425. The fourth-order valence-electron chi connectivity index (χ4n) is 1.01. The summed E-state index contributed by atoms with van der Waals surface area (Å²) in [4.78, 5) is 3.76. The van der Waals surface area contributed by atoms with Crippen molar-refractivity contribution in [2.75, 3.05) is 5.73 Å². The summed E-state index contributed by atoms with van der Waals surface area (Å²) in [5, 5.41) is 3.60. The topological polar surface area (TPSA) is 64.9 Å². The standard InChI is InChI=1S/C8H5ClFN3O/c9-6-3-4(10)1-2-5(6)7-12-8(11)13-14-7/h1-3H,(H2,11,13). The molecule has 0 aliphatic heterocycles. The molecule has 2 rings (SSSR count). The highest BCUT2D eigenvalue weighted by Gasteiger charge is 2.11. The van der Waals surface area contributed by atoms with E-state index < -0.39 is 5.82 Å². The maximum Gasteiger partial charge on any atom is 0.261 e. The molecule has 0 saturated carbocycles. The van der Waals surface area contributed by atoms with Gasteiger partial charge in [-0.05, 0) is 23.4 Å². The lowest BCUT2D eigenvalue weighted by atomic mass is 10.2. The van der Waals surface area contributed by atoms with Crippen molar-refractivity contribution < 1.29 is 8.91 Å². The lowest BCUT2D eigenvalue weighted by Gasteiger charge is -1.97. The predicted molar refractivity (Wildman–Crippen MR) is 49.1 cm³/mol. The van der Waals surface area contributed by atoms with Crippen LogP contribution < -0.4 is 5.73 Å². The third kappa shape index (κ3) is 1.54. The second kappa shape index (κ2) is 3.26. The summed E-state index contributed by atoms with van der Waals surface area (Å²) >= 11 is 5.76. The van der Waals surface area contributed by atoms with Gasteiger partial charge in [0.15, 0.2) is 0 Å². The minimum absolute atomic E-state index is 0.0143. The first-order valence-corrected chi connectivity index (χ1v) is 4.09. The number of anilines is 1. The molecule has 1 heterocycles. The summed E-state index contributed by atoms with van der Waals surface area (Å²) in [6.07, 6.45) is 0. The van der Waals surface area contributed by atoms with Gasteiger partial charge in [0.1, 0.15) is 5.82 Å². The molecule has 2 N–H and O–H groups in total. The van der Waals surface area contributed by atoms with Crippen LogP contribution in [0.15, 0.2) is 22.7 Å². The molecule has 0 aliphatic carbocycles. The van der Waals surface area contributed by atoms with Gasteiger partial charge in [-0.15, -0.1) is 0 Å². The highest BCUT2D eigenvalue weighted by Crippen LogP contribution is 2.27. The lowest BCUT2D eigenvalue weighted by molar-refractivity contribution is 0.433. The van der Waals surface area contributed by atoms with Crippen molar-refractivity contribution in [3.05, 3.63) is 29.0 Å². The van der Waals surface area contributed by atoms with E-state index in [1.165, 1.54) is 12.1 Å². The number of rotatable bonds is 1. The molecular formula is C8H5ClFN3O. The van der Waals surface area contributed by atoms with Crippen molar-refractivity contribution in [3.8, 4) is 11.5 Å². The van der Waals surface area contributed by atoms with Gasteiger partial charge in [-0.3, -0.25) is 0 Å². The first kappa shape index (κ1) is 8.96. The van der Waals surface area contributed by atoms with E-state index in [1.807, 2.05) is 0 Å². The number of nitrogens with zero attached hydrogens (tertiary/aromatic N) is 2. The van der Waals surface area contributed by atoms with Crippen molar-refractivity contribution in [2.45, 2.75) is 0 Å². The van der Waals surface area contributed by atoms with E-state index >= 15 is 0 Å². The molecule has 6 heteroatoms. The third-order valence-corrected chi connectivity index (χ3v) is 1.92. The zero-order valence-electron chi connectivity index (χ0n) is 6.87. The number of benzene rings is 1. The monoisotopic (exact) mass is 213 g/mol. The summed E-state index contributed by atoms with van der Waals surface area (Å²) in [7, 11) is 0. The molecule has 0 fully saturated rings. The van der Waals surface area contributed by atoms with Gasteiger partial charge in [-0.25, -0.2) is 4.39 Å². The molecule has 0 spiro atoms. The number of nitrogen functional groups attached to an aromatic ring is 1. The van der Waals surface area contributed by atoms with Crippen LogP contribution in [-0.2, 0) is 0 Å². The van der Waals surface area contributed by atoms with Crippen LogP contribution in [0.1, 0.15) is 0 Å². The van der Waals surface area contributed by atoms with Gasteiger partial charge in [0.05, 0.1) is 10.6 Å². The number of hydrogen-bond acceptors (Lipinski definition) is 4. The fraction of sp³-hybridized carbons (Fsp3) is 0. The molecule has 0 unspecified atom stereocenters. The quantitative estimate of drug-likeness (QED) is 0.788. The maximum atomic E-state index is 12.7. The molecule has 2 aromatic rings. The van der Waals surface area contributed by atoms with E-state index in [0.29, 0.717) is 5.56 Å². The Balaban J connectivity index is 2.52. The molecule has 14 heavy (non-hydrogen) atoms. The van der Waals surface area contributed by atoms with Crippen LogP contribution in [0.25, 0.3) is 11.5 Å². The van der Waals surface area contributed by atoms with E-state index in [2.05, 4.69) is 10.1 Å². The smallest absolute Gasteiger partial charge is 0.261 e. The molecule has 1 aromatic heterocycles. The van der Waals surface area contributed by atoms with Crippen LogP contribution in [0.4, 0.5) is 10.3 Å². The van der Waals surface area contributed by atoms with Gasteiger partial charge in [0.2, 0.25) is 0 Å². The van der Waals surface area contributed by atoms with Crippen LogP contribution >= 0.6 is 11.6 Å². The summed E-state index contributed by atoms with van der Waals surface area (Å²) in [5.41, 5.74) is 5.72. The fourth-order valence-corrected chi connectivity index (χ4v) is 1.26. The molecule has 0 atom stereocenters. The normalized spacial score (nSPS) is 10.4. The van der Waals surface area contributed by atoms with Crippen molar-refractivity contribution in [2.24, 2.45) is 0 Å². The van der Waals surface area contributed by atoms with Gasteiger partial charge in [0.25, 0.3) is 11.8 Å². The Hall–Kier alpha value is -1.62. The second-order valence-corrected chi connectivity index (χ2v) is 2.99. The average Bonchev–Trinajstić information content (AvgIpc) is 2.51. The molecule has 0 bridgehead atoms. The van der Waals surface area contributed by atoms with Crippen LogP contribution in [0.5, 0.6) is 0 Å². The third-order valence-electron chi connectivity index (χ3n) is 1.60. The van der Waals surface area contributed by atoms with Crippen LogP contribution in [0.2, 0.25) is 5.02 Å². The SMILES string of the molecule is Nc1noc(-c2ccc(F)cc2Cl)n1. The largest absolute Gasteiger partial charge is 0.365 e. The van der Waals surface area contributed by atoms with E-state index in [1.54, 1.807) is 0 Å². The Morgan fingerprint density at radius 3 is 2.79 bits per heavy atom. The van der Waals surface area contributed by atoms with Crippen molar-refractivity contribution in [1.29, 1.82) is 0 Å². The minimum Gasteiger partial charge on any atom is -0.365 e. The first-order valence-electron chi connectivity index (χ1n) is 3.71. The Labute approximate surface area is 83.5 Å². The van der Waals surface area contributed by atoms with Gasteiger partial charge in [0, 0.05) is 0 Å². The number of halogens is 2. The Kier molecular flexibility index (Phi) is 2.09. The highest BCUT2D eigenvalue weighted by atomic mass is 35.5. The van der Waals surface area contributed by atoms with Gasteiger partial charge in [-0.2, -0.15) is 4.98 Å². The maximum absolute atomic E-state index is 12.7. The molecule has 0 saturated heterocycles. The first-order chi connectivity index (χ1) is 6.66. The number of aromatic nitrogens is 2. The van der Waals surface area contributed by atoms with Crippen molar-refractivity contribution >= 4 is 17.5 Å². The van der Waals surface area contributed by atoms with Crippen LogP contribution in [0, 0.1) is 5.82 Å². The van der Waals surface area contributed by atoms with Crippen LogP contribution in [0.3, 0.4) is 0 Å². The van der Waals surface area contributed by atoms with Crippen molar-refractivity contribution in [1.82, 2.24) is 10.1 Å². The zero-order valence-corrected chi connectivity index (χ0v) is 7.62. The molecule has 0 aliphatic rings. The van der Waals surface area contributed by atoms with E-state index in [9.17, 15) is 4.39 Å². The Morgan fingerprint density at radius 2 is 2.21 bits per heavy atom. The number of nitrogens with two attached hydrogens (primary N) is 1.